The Bertz CT molecular complexity index is 275. The van der Waals surface area contributed by atoms with Gasteiger partial charge in [-0.2, -0.15) is 0 Å². The zero-order valence-electron chi connectivity index (χ0n) is 9.49. The van der Waals surface area contributed by atoms with Gasteiger partial charge in [-0.15, -0.1) is 0 Å². The smallest absolute Gasteiger partial charge is 0.233 e. The molecule has 0 aliphatic heterocycles. The van der Waals surface area contributed by atoms with E-state index >= 15 is 0 Å². The minimum atomic E-state index is 0.0700. The van der Waals surface area contributed by atoms with Gasteiger partial charge in [0.2, 0.25) is 5.91 Å². The van der Waals surface area contributed by atoms with Crippen molar-refractivity contribution in [2.24, 2.45) is 17.8 Å². The van der Waals surface area contributed by atoms with E-state index in [1.54, 1.807) is 7.05 Å². The van der Waals surface area contributed by atoms with Crippen molar-refractivity contribution in [2.45, 2.75) is 25.8 Å². The highest BCUT2D eigenvalue weighted by Crippen LogP contribution is 2.44. The molecule has 0 saturated heterocycles. The quantitative estimate of drug-likeness (QED) is 0.675. The van der Waals surface area contributed by atoms with E-state index < -0.39 is 0 Å². The lowest BCUT2D eigenvalue weighted by Gasteiger charge is -2.26. The van der Waals surface area contributed by atoms with Crippen LogP contribution in [0.15, 0.2) is 12.2 Å². The van der Waals surface area contributed by atoms with Crippen LogP contribution >= 0.6 is 0 Å². The second kappa shape index (κ2) is 4.35. The monoisotopic (exact) mass is 208 g/mol. The number of hydrogen-bond acceptors (Lipinski definition) is 2. The Morgan fingerprint density at radius 1 is 1.47 bits per heavy atom. The van der Waals surface area contributed by atoms with E-state index in [0.717, 1.165) is 17.8 Å². The maximum Gasteiger partial charge on any atom is 0.233 e. The van der Waals surface area contributed by atoms with E-state index in [1.165, 1.54) is 12.8 Å². The van der Waals surface area contributed by atoms with Crippen LogP contribution in [0.3, 0.4) is 0 Å². The van der Waals surface area contributed by atoms with Gasteiger partial charge in [-0.05, 0) is 37.5 Å². The Balaban J connectivity index is 1.79. The molecule has 0 aromatic rings. The zero-order valence-corrected chi connectivity index (χ0v) is 9.49. The predicted molar refractivity (Wildman–Crippen MR) is 60.4 cm³/mol. The number of rotatable bonds is 4. The lowest BCUT2D eigenvalue weighted by Crippen LogP contribution is -2.41. The average Bonchev–Trinajstić information content (AvgIpc) is 2.86. The fraction of sp³-hybridized carbons (Fsp3) is 0.750. The average molecular weight is 208 g/mol. The molecular weight excluding hydrogens is 188 g/mol. The standard InChI is InChI=1S/C12H20N2O/c1-8(14-7-12(15)13-2)11-6-9-3-4-10(11)5-9/h3-4,8-11,14H,5-7H2,1-2H3,(H,13,15). The Hall–Kier alpha value is -0.830. The number of nitrogens with one attached hydrogen (secondary N) is 2. The van der Waals surface area contributed by atoms with E-state index in [2.05, 4.69) is 29.7 Å². The summed E-state index contributed by atoms with van der Waals surface area (Å²) in [5.74, 6) is 2.36. The van der Waals surface area contributed by atoms with E-state index in [9.17, 15) is 4.79 Å². The first kappa shape index (κ1) is 10.7. The van der Waals surface area contributed by atoms with Crippen molar-refractivity contribution in [3.63, 3.8) is 0 Å². The molecular formula is C12H20N2O. The molecule has 4 atom stereocenters. The van der Waals surface area contributed by atoms with Crippen LogP contribution in [0.5, 0.6) is 0 Å². The molecule has 2 aliphatic rings. The van der Waals surface area contributed by atoms with Crippen molar-refractivity contribution in [2.75, 3.05) is 13.6 Å². The summed E-state index contributed by atoms with van der Waals surface area (Å²) < 4.78 is 0. The van der Waals surface area contributed by atoms with Gasteiger partial charge in [0, 0.05) is 13.1 Å². The number of likely N-dealkylation sites (N-methyl/N-ethyl adjacent to an activating group) is 1. The number of allylic oxidation sites excluding steroid dienone is 2. The van der Waals surface area contributed by atoms with Gasteiger partial charge in [0.25, 0.3) is 0 Å². The Morgan fingerprint density at radius 3 is 2.80 bits per heavy atom. The topological polar surface area (TPSA) is 41.1 Å². The highest BCUT2D eigenvalue weighted by Gasteiger charge is 2.38. The molecule has 4 unspecified atom stereocenters. The summed E-state index contributed by atoms with van der Waals surface area (Å²) in [6.07, 6.45) is 7.34. The van der Waals surface area contributed by atoms with Gasteiger partial charge < -0.3 is 10.6 Å². The Morgan fingerprint density at radius 2 is 2.27 bits per heavy atom. The third-order valence-corrected chi connectivity index (χ3v) is 3.84. The number of carbonyl (C=O) groups is 1. The summed E-state index contributed by atoms with van der Waals surface area (Å²) in [7, 11) is 1.68. The molecule has 15 heavy (non-hydrogen) atoms. The summed E-state index contributed by atoms with van der Waals surface area (Å²) in [5.41, 5.74) is 0. The van der Waals surface area contributed by atoms with Crippen molar-refractivity contribution in [1.82, 2.24) is 10.6 Å². The van der Waals surface area contributed by atoms with Crippen LogP contribution in [-0.2, 0) is 4.79 Å². The fourth-order valence-corrected chi connectivity index (χ4v) is 2.89. The first-order valence-electron chi connectivity index (χ1n) is 5.83. The van der Waals surface area contributed by atoms with Gasteiger partial charge in [0.15, 0.2) is 0 Å². The SMILES string of the molecule is CNC(=O)CNC(C)C1CC2C=CC1C2. The maximum absolute atomic E-state index is 11.1. The van der Waals surface area contributed by atoms with Crippen LogP contribution < -0.4 is 10.6 Å². The summed E-state index contributed by atoms with van der Waals surface area (Å²) in [6, 6.07) is 0.447. The fourth-order valence-electron chi connectivity index (χ4n) is 2.89. The molecule has 0 aromatic carbocycles. The van der Waals surface area contributed by atoms with Gasteiger partial charge in [-0.1, -0.05) is 12.2 Å². The minimum absolute atomic E-state index is 0.0700. The third kappa shape index (κ3) is 2.23. The number of hydrogen-bond donors (Lipinski definition) is 2. The van der Waals surface area contributed by atoms with E-state index in [0.29, 0.717) is 12.6 Å². The van der Waals surface area contributed by atoms with Crippen LogP contribution in [-0.4, -0.2) is 25.5 Å². The molecule has 2 aliphatic carbocycles. The third-order valence-electron chi connectivity index (χ3n) is 3.84. The molecule has 0 aromatic heterocycles. The molecule has 3 nitrogen and oxygen atoms in total. The van der Waals surface area contributed by atoms with Crippen molar-refractivity contribution in [1.29, 1.82) is 0 Å². The van der Waals surface area contributed by atoms with Crippen LogP contribution in [0, 0.1) is 17.8 Å². The lowest BCUT2D eigenvalue weighted by molar-refractivity contribution is -0.119. The second-order valence-corrected chi connectivity index (χ2v) is 4.79. The molecule has 2 N–H and O–H groups in total. The Kier molecular flexibility index (Phi) is 3.10. The first-order chi connectivity index (χ1) is 7.20. The largest absolute Gasteiger partial charge is 0.358 e. The van der Waals surface area contributed by atoms with Gasteiger partial charge in [0.1, 0.15) is 0 Å². The van der Waals surface area contributed by atoms with Crippen molar-refractivity contribution in [3.05, 3.63) is 12.2 Å². The first-order valence-corrected chi connectivity index (χ1v) is 5.83. The van der Waals surface area contributed by atoms with Gasteiger partial charge in [-0.3, -0.25) is 4.79 Å². The highest BCUT2D eigenvalue weighted by molar-refractivity contribution is 5.77. The predicted octanol–water partition coefficient (Wildman–Crippen LogP) is 0.923. The van der Waals surface area contributed by atoms with Crippen LogP contribution in [0.2, 0.25) is 0 Å². The number of fused-ring (bicyclic) bond motifs is 2. The van der Waals surface area contributed by atoms with Crippen LogP contribution in [0.1, 0.15) is 19.8 Å². The molecule has 1 amide bonds. The molecule has 2 bridgehead atoms. The minimum Gasteiger partial charge on any atom is -0.358 e. The molecule has 1 fully saturated rings. The zero-order chi connectivity index (χ0) is 10.8. The number of carbonyl (C=O) groups excluding carboxylic acids is 1. The number of amides is 1. The summed E-state index contributed by atoms with van der Waals surface area (Å²) in [5, 5.41) is 5.94. The highest BCUT2D eigenvalue weighted by atomic mass is 16.1. The normalized spacial score (nSPS) is 34.4. The van der Waals surface area contributed by atoms with Crippen LogP contribution in [0.25, 0.3) is 0 Å². The molecule has 84 valence electrons. The lowest BCUT2D eigenvalue weighted by atomic mass is 9.87. The molecule has 0 spiro atoms. The van der Waals surface area contributed by atoms with Gasteiger partial charge in [-0.25, -0.2) is 0 Å². The van der Waals surface area contributed by atoms with Crippen molar-refractivity contribution in [3.8, 4) is 0 Å². The van der Waals surface area contributed by atoms with E-state index in [4.69, 9.17) is 0 Å². The van der Waals surface area contributed by atoms with Crippen LogP contribution in [0.4, 0.5) is 0 Å². The van der Waals surface area contributed by atoms with Crippen molar-refractivity contribution < 1.29 is 4.79 Å². The molecule has 0 heterocycles. The van der Waals surface area contributed by atoms with Crippen molar-refractivity contribution >= 4 is 5.91 Å². The molecule has 3 heteroatoms. The van der Waals surface area contributed by atoms with Gasteiger partial charge >= 0.3 is 0 Å². The summed E-state index contributed by atoms with van der Waals surface area (Å²) >= 11 is 0. The second-order valence-electron chi connectivity index (χ2n) is 4.79. The molecule has 1 saturated carbocycles. The molecule has 2 rings (SSSR count). The molecule has 0 radical (unpaired) electrons. The van der Waals surface area contributed by atoms with E-state index in [-0.39, 0.29) is 5.91 Å². The van der Waals surface area contributed by atoms with Gasteiger partial charge in [0.05, 0.1) is 6.54 Å². The summed E-state index contributed by atoms with van der Waals surface area (Å²) in [4.78, 5) is 11.1. The summed E-state index contributed by atoms with van der Waals surface area (Å²) in [6.45, 7) is 2.64. The van der Waals surface area contributed by atoms with E-state index in [1.807, 2.05) is 0 Å². The Labute approximate surface area is 91.3 Å². The maximum atomic E-state index is 11.1.